The predicted molar refractivity (Wildman–Crippen MR) is 41.8 cm³/mol. The van der Waals surface area contributed by atoms with Crippen LogP contribution in [-0.4, -0.2) is 10.9 Å². The molecule has 0 unspecified atom stereocenters. The first-order valence-electron chi connectivity index (χ1n) is 3.23. The SMILES string of the molecule is N#C[CH]c1ncccc1C(N)=O. The van der Waals surface area contributed by atoms with Crippen LogP contribution in [0.25, 0.3) is 0 Å². The Morgan fingerprint density at radius 1 is 1.75 bits per heavy atom. The fourth-order valence-electron chi connectivity index (χ4n) is 0.802. The Bertz CT molecular complexity index is 340. The number of nitriles is 1. The average Bonchev–Trinajstić information content (AvgIpc) is 2.05. The van der Waals surface area contributed by atoms with Gasteiger partial charge in [0.2, 0.25) is 0 Å². The molecule has 4 nitrogen and oxygen atoms in total. The molecule has 0 aliphatic heterocycles. The lowest BCUT2D eigenvalue weighted by molar-refractivity contribution is 0.0999. The minimum absolute atomic E-state index is 0.263. The zero-order valence-electron chi connectivity index (χ0n) is 6.19. The summed E-state index contributed by atoms with van der Waals surface area (Å²) in [6, 6.07) is 4.90. The van der Waals surface area contributed by atoms with E-state index in [0.717, 1.165) is 0 Å². The van der Waals surface area contributed by atoms with E-state index in [2.05, 4.69) is 4.98 Å². The van der Waals surface area contributed by atoms with Gasteiger partial charge in [-0.1, -0.05) is 0 Å². The van der Waals surface area contributed by atoms with Gasteiger partial charge >= 0.3 is 0 Å². The molecule has 0 atom stereocenters. The van der Waals surface area contributed by atoms with Crippen molar-refractivity contribution in [3.8, 4) is 6.07 Å². The molecular weight excluding hydrogens is 154 g/mol. The zero-order valence-corrected chi connectivity index (χ0v) is 6.19. The van der Waals surface area contributed by atoms with Crippen LogP contribution < -0.4 is 5.73 Å². The monoisotopic (exact) mass is 160 g/mol. The summed E-state index contributed by atoms with van der Waals surface area (Å²) in [5, 5.41) is 8.33. The fourth-order valence-corrected chi connectivity index (χ4v) is 0.802. The van der Waals surface area contributed by atoms with Gasteiger partial charge in [-0.3, -0.25) is 9.78 Å². The molecule has 0 spiro atoms. The number of primary amides is 1. The molecule has 1 radical (unpaired) electrons. The van der Waals surface area contributed by atoms with Crippen molar-refractivity contribution in [1.29, 1.82) is 5.26 Å². The number of nitrogens with two attached hydrogens (primary N) is 1. The molecule has 0 aromatic carbocycles. The van der Waals surface area contributed by atoms with E-state index in [1.54, 1.807) is 12.1 Å². The van der Waals surface area contributed by atoms with Gasteiger partial charge in [0, 0.05) is 6.20 Å². The van der Waals surface area contributed by atoms with Gasteiger partial charge in [0.25, 0.3) is 5.91 Å². The summed E-state index contributed by atoms with van der Waals surface area (Å²) in [5.41, 5.74) is 5.61. The Morgan fingerprint density at radius 3 is 3.08 bits per heavy atom. The van der Waals surface area contributed by atoms with Crippen LogP contribution in [0.15, 0.2) is 18.3 Å². The molecule has 12 heavy (non-hydrogen) atoms. The number of amides is 1. The maximum absolute atomic E-state index is 10.7. The molecule has 0 aliphatic carbocycles. The van der Waals surface area contributed by atoms with Crippen LogP contribution in [0.4, 0.5) is 0 Å². The van der Waals surface area contributed by atoms with E-state index in [4.69, 9.17) is 11.0 Å². The van der Waals surface area contributed by atoms with E-state index in [1.807, 2.05) is 0 Å². The van der Waals surface area contributed by atoms with Gasteiger partial charge in [-0.2, -0.15) is 5.26 Å². The topological polar surface area (TPSA) is 79.8 Å². The van der Waals surface area contributed by atoms with Crippen LogP contribution in [0.3, 0.4) is 0 Å². The van der Waals surface area contributed by atoms with Gasteiger partial charge in [-0.05, 0) is 12.1 Å². The maximum atomic E-state index is 10.7. The van der Waals surface area contributed by atoms with Crippen LogP contribution in [0.2, 0.25) is 0 Å². The van der Waals surface area contributed by atoms with Crippen LogP contribution in [-0.2, 0) is 0 Å². The van der Waals surface area contributed by atoms with Gasteiger partial charge in [-0.25, -0.2) is 0 Å². The van der Waals surface area contributed by atoms with Crippen LogP contribution in [0, 0.1) is 17.8 Å². The second kappa shape index (κ2) is 3.49. The predicted octanol–water partition coefficient (Wildman–Crippen LogP) is 0.256. The first kappa shape index (κ1) is 8.21. The number of nitrogens with zero attached hydrogens (tertiary/aromatic N) is 2. The second-order valence-electron chi connectivity index (χ2n) is 2.07. The second-order valence-corrected chi connectivity index (χ2v) is 2.07. The number of pyridine rings is 1. The molecule has 0 saturated heterocycles. The lowest BCUT2D eigenvalue weighted by atomic mass is 10.1. The fraction of sp³-hybridized carbons (Fsp3) is 0. The van der Waals surface area contributed by atoms with E-state index in [-0.39, 0.29) is 5.56 Å². The third-order valence-corrected chi connectivity index (χ3v) is 1.31. The van der Waals surface area contributed by atoms with E-state index >= 15 is 0 Å². The summed E-state index contributed by atoms with van der Waals surface area (Å²) >= 11 is 0. The Balaban J connectivity index is 3.10. The van der Waals surface area contributed by atoms with Crippen molar-refractivity contribution in [2.75, 3.05) is 0 Å². The number of aromatic nitrogens is 1. The van der Waals surface area contributed by atoms with E-state index in [0.29, 0.717) is 5.69 Å². The summed E-state index contributed by atoms with van der Waals surface area (Å²) in [6.07, 6.45) is 2.68. The molecule has 1 aromatic rings. The van der Waals surface area contributed by atoms with Gasteiger partial charge < -0.3 is 5.73 Å². The number of hydrogen-bond donors (Lipinski definition) is 1. The molecule has 1 amide bonds. The quantitative estimate of drug-likeness (QED) is 0.673. The van der Waals surface area contributed by atoms with Crippen molar-refractivity contribution in [3.05, 3.63) is 36.0 Å². The molecular formula is C8H6N3O. The normalized spacial score (nSPS) is 8.92. The van der Waals surface area contributed by atoms with E-state index < -0.39 is 5.91 Å². The van der Waals surface area contributed by atoms with Crippen LogP contribution >= 0.6 is 0 Å². The summed E-state index contributed by atoms with van der Waals surface area (Å²) in [5.74, 6) is -0.579. The smallest absolute Gasteiger partial charge is 0.250 e. The van der Waals surface area contributed by atoms with Gasteiger partial charge in [0.1, 0.15) is 6.42 Å². The van der Waals surface area contributed by atoms with Crippen molar-refractivity contribution in [2.24, 2.45) is 5.73 Å². The summed E-state index contributed by atoms with van der Waals surface area (Å²) in [7, 11) is 0. The molecule has 1 aromatic heterocycles. The largest absolute Gasteiger partial charge is 0.366 e. The van der Waals surface area contributed by atoms with E-state index in [1.165, 1.54) is 18.7 Å². The van der Waals surface area contributed by atoms with Crippen LogP contribution in [0.5, 0.6) is 0 Å². The third kappa shape index (κ3) is 1.58. The van der Waals surface area contributed by atoms with Gasteiger partial charge in [0.15, 0.2) is 0 Å². The van der Waals surface area contributed by atoms with Crippen molar-refractivity contribution in [2.45, 2.75) is 0 Å². The minimum Gasteiger partial charge on any atom is -0.366 e. The zero-order chi connectivity index (χ0) is 8.97. The third-order valence-electron chi connectivity index (χ3n) is 1.31. The van der Waals surface area contributed by atoms with E-state index in [9.17, 15) is 4.79 Å². The highest BCUT2D eigenvalue weighted by Gasteiger charge is 2.07. The average molecular weight is 160 g/mol. The number of rotatable bonds is 2. The molecule has 59 valence electrons. The summed E-state index contributed by atoms with van der Waals surface area (Å²) in [4.78, 5) is 14.6. The van der Waals surface area contributed by atoms with Gasteiger partial charge in [-0.15, -0.1) is 0 Å². The Hall–Kier alpha value is -1.89. The molecule has 0 aliphatic rings. The first-order valence-corrected chi connectivity index (χ1v) is 3.23. The number of hydrogen-bond acceptors (Lipinski definition) is 3. The molecule has 2 N–H and O–H groups in total. The van der Waals surface area contributed by atoms with Gasteiger partial charge in [0.05, 0.1) is 17.3 Å². The number of carbonyl (C=O) groups excluding carboxylic acids is 1. The number of carbonyl (C=O) groups is 1. The molecule has 1 heterocycles. The van der Waals surface area contributed by atoms with Crippen molar-refractivity contribution >= 4 is 5.91 Å². The molecule has 0 bridgehead atoms. The highest BCUT2D eigenvalue weighted by molar-refractivity contribution is 5.94. The van der Waals surface area contributed by atoms with Crippen molar-refractivity contribution < 1.29 is 4.79 Å². The Labute approximate surface area is 69.6 Å². The van der Waals surface area contributed by atoms with Crippen LogP contribution in [0.1, 0.15) is 16.1 Å². The van der Waals surface area contributed by atoms with Crippen molar-refractivity contribution in [1.82, 2.24) is 4.98 Å². The molecule has 0 fully saturated rings. The van der Waals surface area contributed by atoms with Crippen molar-refractivity contribution in [3.63, 3.8) is 0 Å². The summed E-state index contributed by atoms with van der Waals surface area (Å²) < 4.78 is 0. The Kier molecular flexibility index (Phi) is 2.38. The molecule has 4 heteroatoms. The minimum atomic E-state index is -0.579. The highest BCUT2D eigenvalue weighted by atomic mass is 16.1. The standard InChI is InChI=1S/C8H6N3O/c9-4-3-7-6(8(10)12)2-1-5-11-7/h1-3,5H,(H2,10,12). The molecule has 0 saturated carbocycles. The maximum Gasteiger partial charge on any atom is 0.250 e. The lowest BCUT2D eigenvalue weighted by Crippen LogP contribution is -2.13. The Morgan fingerprint density at radius 2 is 2.50 bits per heavy atom. The first-order chi connectivity index (χ1) is 5.75. The highest BCUT2D eigenvalue weighted by Crippen LogP contribution is 2.05. The lowest BCUT2D eigenvalue weighted by Gasteiger charge is -1.98. The summed E-state index contributed by atoms with van der Waals surface area (Å²) in [6.45, 7) is 0. The molecule has 1 rings (SSSR count).